The third-order valence-electron chi connectivity index (χ3n) is 2.61. The Morgan fingerprint density at radius 3 is 2.27 bits per heavy atom. The topological polar surface area (TPSA) is 106 Å². The molecule has 0 aliphatic carbocycles. The molecule has 0 rings (SSSR count). The Balaban J connectivity index is 0. The summed E-state index contributed by atoms with van der Waals surface area (Å²) in [7, 11) is 0. The summed E-state index contributed by atoms with van der Waals surface area (Å²) in [6.45, 7) is 14.2. The van der Waals surface area contributed by atoms with E-state index in [9.17, 15) is 4.79 Å². The molecule has 0 aliphatic rings. The van der Waals surface area contributed by atoms with Crippen LogP contribution in [0.2, 0.25) is 0 Å². The molecule has 0 fully saturated rings. The summed E-state index contributed by atoms with van der Waals surface area (Å²) >= 11 is 0. The standard InChI is InChI=1S/C11H19N3O.C5H8N2/c1-5-7-14(8-6-12)10(15)9(13)11(2,3)4;1-2-4-7-5-3-6/h5,9H,1,7-8,13H2,2-4H3;2,7H,1,4-5H2/t9-;/m1./s1. The molecule has 1 amide bonds. The lowest BCUT2D eigenvalue weighted by molar-refractivity contribution is -0.133. The van der Waals surface area contributed by atoms with Gasteiger partial charge in [-0.05, 0) is 5.41 Å². The van der Waals surface area contributed by atoms with Crippen molar-refractivity contribution >= 4 is 5.91 Å². The molecule has 0 saturated heterocycles. The molecular weight excluding hydrogens is 278 g/mol. The first kappa shape index (κ1) is 22.1. The minimum absolute atomic E-state index is 0.0502. The van der Waals surface area contributed by atoms with Crippen molar-refractivity contribution in [2.75, 3.05) is 26.2 Å². The lowest BCUT2D eigenvalue weighted by atomic mass is 9.86. The van der Waals surface area contributed by atoms with Gasteiger partial charge in [0.05, 0.1) is 24.7 Å². The summed E-state index contributed by atoms with van der Waals surface area (Å²) in [5.74, 6) is -0.205. The Hall–Kier alpha value is -2.15. The number of rotatable bonds is 7. The van der Waals surface area contributed by atoms with Crippen molar-refractivity contribution in [3.8, 4) is 12.1 Å². The Kier molecular flexibility index (Phi) is 12.7. The number of amides is 1. The van der Waals surface area contributed by atoms with Gasteiger partial charge in [0, 0.05) is 13.1 Å². The highest BCUT2D eigenvalue weighted by atomic mass is 16.2. The van der Waals surface area contributed by atoms with Crippen LogP contribution in [-0.2, 0) is 4.79 Å². The predicted molar refractivity (Wildman–Crippen MR) is 88.5 cm³/mol. The molecule has 1 atom stereocenters. The highest BCUT2D eigenvalue weighted by Gasteiger charge is 2.30. The van der Waals surface area contributed by atoms with Crippen LogP contribution in [0.3, 0.4) is 0 Å². The smallest absolute Gasteiger partial charge is 0.241 e. The van der Waals surface area contributed by atoms with Crippen molar-refractivity contribution in [2.24, 2.45) is 11.1 Å². The second-order valence-corrected chi connectivity index (χ2v) is 5.59. The maximum absolute atomic E-state index is 11.9. The molecule has 122 valence electrons. The van der Waals surface area contributed by atoms with Crippen LogP contribution < -0.4 is 11.1 Å². The van der Waals surface area contributed by atoms with Crippen LogP contribution >= 0.6 is 0 Å². The van der Waals surface area contributed by atoms with Gasteiger partial charge < -0.3 is 16.0 Å². The Morgan fingerprint density at radius 1 is 1.32 bits per heavy atom. The van der Waals surface area contributed by atoms with Gasteiger partial charge in [-0.3, -0.25) is 4.79 Å². The van der Waals surface area contributed by atoms with E-state index in [4.69, 9.17) is 16.3 Å². The van der Waals surface area contributed by atoms with Gasteiger partial charge in [-0.2, -0.15) is 10.5 Å². The van der Waals surface area contributed by atoms with E-state index in [1.54, 1.807) is 12.2 Å². The highest BCUT2D eigenvalue weighted by molar-refractivity contribution is 5.82. The van der Waals surface area contributed by atoms with Gasteiger partial charge in [0.25, 0.3) is 0 Å². The van der Waals surface area contributed by atoms with E-state index in [0.717, 1.165) is 0 Å². The fourth-order valence-electron chi connectivity index (χ4n) is 1.27. The predicted octanol–water partition coefficient (Wildman–Crippen LogP) is 1.18. The van der Waals surface area contributed by atoms with Crippen LogP contribution in [0, 0.1) is 28.1 Å². The monoisotopic (exact) mass is 305 g/mol. The van der Waals surface area contributed by atoms with Gasteiger partial charge in [-0.15, -0.1) is 13.2 Å². The number of nitrogens with zero attached hydrogens (tertiary/aromatic N) is 3. The minimum atomic E-state index is -0.592. The molecule has 6 nitrogen and oxygen atoms in total. The van der Waals surface area contributed by atoms with E-state index in [1.165, 1.54) is 4.90 Å². The molecule has 0 radical (unpaired) electrons. The van der Waals surface area contributed by atoms with Gasteiger partial charge in [-0.25, -0.2) is 0 Å². The SMILES string of the molecule is C=CCN(CC#N)C(=O)[C@@H](N)C(C)(C)C.C=CCNCC#N. The van der Waals surface area contributed by atoms with Crippen molar-refractivity contribution in [1.29, 1.82) is 10.5 Å². The number of hydrogen-bond donors (Lipinski definition) is 2. The van der Waals surface area contributed by atoms with Crippen LogP contribution in [0.5, 0.6) is 0 Å². The zero-order valence-electron chi connectivity index (χ0n) is 13.8. The van der Waals surface area contributed by atoms with Gasteiger partial charge >= 0.3 is 0 Å². The number of nitrogens with one attached hydrogen (secondary N) is 1. The van der Waals surface area contributed by atoms with Crippen LogP contribution in [0.15, 0.2) is 25.3 Å². The van der Waals surface area contributed by atoms with Gasteiger partial charge in [0.15, 0.2) is 0 Å². The lowest BCUT2D eigenvalue weighted by Gasteiger charge is -2.30. The first-order valence-corrected chi connectivity index (χ1v) is 6.97. The van der Waals surface area contributed by atoms with Crippen LogP contribution in [0.25, 0.3) is 0 Å². The van der Waals surface area contributed by atoms with E-state index in [0.29, 0.717) is 19.6 Å². The third kappa shape index (κ3) is 10.6. The molecule has 6 heteroatoms. The maximum atomic E-state index is 11.9. The molecule has 0 unspecified atom stereocenters. The normalized spacial score (nSPS) is 11.0. The third-order valence-corrected chi connectivity index (χ3v) is 2.61. The molecule has 0 bridgehead atoms. The minimum Gasteiger partial charge on any atom is -0.324 e. The van der Waals surface area contributed by atoms with Crippen LogP contribution in [-0.4, -0.2) is 43.0 Å². The van der Waals surface area contributed by atoms with E-state index in [1.807, 2.05) is 32.9 Å². The molecule has 0 aromatic carbocycles. The first-order chi connectivity index (χ1) is 10.3. The number of carbonyl (C=O) groups is 1. The summed E-state index contributed by atoms with van der Waals surface area (Å²) in [5.41, 5.74) is 5.52. The molecule has 22 heavy (non-hydrogen) atoms. The highest BCUT2D eigenvalue weighted by Crippen LogP contribution is 2.18. The van der Waals surface area contributed by atoms with Crippen molar-refractivity contribution in [1.82, 2.24) is 10.2 Å². The average Bonchev–Trinajstić information content (AvgIpc) is 2.46. The molecule has 0 heterocycles. The molecule has 0 spiro atoms. The summed E-state index contributed by atoms with van der Waals surface area (Å²) in [5, 5.41) is 19.3. The van der Waals surface area contributed by atoms with E-state index in [-0.39, 0.29) is 17.9 Å². The summed E-state index contributed by atoms with van der Waals surface area (Å²) in [4.78, 5) is 13.3. The molecule has 0 aromatic rings. The van der Waals surface area contributed by atoms with Crippen molar-refractivity contribution in [2.45, 2.75) is 26.8 Å². The summed E-state index contributed by atoms with van der Waals surface area (Å²) in [6, 6.07) is 3.29. The zero-order valence-corrected chi connectivity index (χ0v) is 13.8. The van der Waals surface area contributed by atoms with Gasteiger partial charge in [0.1, 0.15) is 6.54 Å². The Bertz CT molecular complexity index is 425. The molecule has 0 aromatic heterocycles. The first-order valence-electron chi connectivity index (χ1n) is 6.97. The number of carbonyl (C=O) groups excluding carboxylic acids is 1. The number of nitrogens with two attached hydrogens (primary N) is 1. The Morgan fingerprint density at radius 2 is 1.91 bits per heavy atom. The molecular formula is C16H27N5O. The second kappa shape index (κ2) is 12.6. The van der Waals surface area contributed by atoms with Gasteiger partial charge in [0.2, 0.25) is 5.91 Å². The summed E-state index contributed by atoms with van der Waals surface area (Å²) in [6.07, 6.45) is 3.31. The molecule has 3 N–H and O–H groups in total. The fourth-order valence-corrected chi connectivity index (χ4v) is 1.27. The fraction of sp³-hybridized carbons (Fsp3) is 0.562. The second-order valence-electron chi connectivity index (χ2n) is 5.59. The van der Waals surface area contributed by atoms with Crippen molar-refractivity contribution < 1.29 is 4.79 Å². The summed E-state index contributed by atoms with van der Waals surface area (Å²) < 4.78 is 0. The average molecular weight is 305 g/mol. The van der Waals surface area contributed by atoms with Crippen LogP contribution in [0.1, 0.15) is 20.8 Å². The maximum Gasteiger partial charge on any atom is 0.241 e. The van der Waals surface area contributed by atoms with Crippen LogP contribution in [0.4, 0.5) is 0 Å². The van der Waals surface area contributed by atoms with Gasteiger partial charge in [-0.1, -0.05) is 32.9 Å². The molecule has 0 saturated carbocycles. The van der Waals surface area contributed by atoms with Crippen molar-refractivity contribution in [3.63, 3.8) is 0 Å². The van der Waals surface area contributed by atoms with E-state index < -0.39 is 6.04 Å². The quantitative estimate of drug-likeness (QED) is 0.417. The largest absolute Gasteiger partial charge is 0.324 e. The van der Waals surface area contributed by atoms with E-state index >= 15 is 0 Å². The zero-order chi connectivity index (χ0) is 17.6. The van der Waals surface area contributed by atoms with E-state index in [2.05, 4.69) is 18.5 Å². The molecule has 0 aliphatic heterocycles. The lowest BCUT2D eigenvalue weighted by Crippen LogP contribution is -2.50. The Labute approximate surface area is 133 Å². The number of hydrogen-bond acceptors (Lipinski definition) is 5. The number of nitriles is 2. The van der Waals surface area contributed by atoms with Crippen molar-refractivity contribution in [3.05, 3.63) is 25.3 Å².